The SMILES string of the molecule is C=C(C)c1cccc(-c2cc(CCC(C)=O)nc(N3CCOCC3)n2)c1. The fourth-order valence-corrected chi connectivity index (χ4v) is 2.91. The molecule has 0 spiro atoms. The van der Waals surface area contributed by atoms with E-state index in [0.29, 0.717) is 32.0 Å². The molecule has 0 unspecified atom stereocenters. The molecule has 1 aromatic carbocycles. The molecule has 5 nitrogen and oxygen atoms in total. The molecule has 0 amide bonds. The molecule has 5 heteroatoms. The number of ether oxygens (including phenoxy) is 1. The number of Topliss-reactive ketones (excluding diaryl/α,β-unsaturated/α-hetero) is 1. The molecule has 2 aromatic rings. The van der Waals surface area contributed by atoms with Crippen LogP contribution in [0.3, 0.4) is 0 Å². The number of morpholine rings is 1. The summed E-state index contributed by atoms with van der Waals surface area (Å²) in [5, 5.41) is 0. The Morgan fingerprint density at radius 1 is 1.19 bits per heavy atom. The first-order valence-corrected chi connectivity index (χ1v) is 8.99. The molecule has 1 aromatic heterocycles. The molecule has 0 radical (unpaired) electrons. The van der Waals surface area contributed by atoms with E-state index >= 15 is 0 Å². The summed E-state index contributed by atoms with van der Waals surface area (Å²) in [6.45, 7) is 10.6. The first-order valence-electron chi connectivity index (χ1n) is 8.99. The number of carbonyl (C=O) groups excluding carboxylic acids is 1. The van der Waals surface area contributed by atoms with E-state index in [1.807, 2.05) is 31.2 Å². The number of anilines is 1. The molecule has 26 heavy (non-hydrogen) atoms. The zero-order valence-corrected chi connectivity index (χ0v) is 15.5. The minimum absolute atomic E-state index is 0.169. The van der Waals surface area contributed by atoms with Crippen molar-refractivity contribution in [3.8, 4) is 11.3 Å². The predicted octanol–water partition coefficient (Wildman–Crippen LogP) is 3.53. The summed E-state index contributed by atoms with van der Waals surface area (Å²) in [5.74, 6) is 0.882. The van der Waals surface area contributed by atoms with Gasteiger partial charge in [0.05, 0.1) is 18.9 Å². The molecule has 1 fully saturated rings. The number of benzene rings is 1. The van der Waals surface area contributed by atoms with Crippen molar-refractivity contribution < 1.29 is 9.53 Å². The monoisotopic (exact) mass is 351 g/mol. The Morgan fingerprint density at radius 3 is 2.65 bits per heavy atom. The zero-order valence-electron chi connectivity index (χ0n) is 15.5. The second kappa shape index (κ2) is 8.23. The first kappa shape index (κ1) is 18.3. The number of nitrogens with zero attached hydrogens (tertiary/aromatic N) is 3. The van der Waals surface area contributed by atoms with Gasteiger partial charge < -0.3 is 14.4 Å². The average molecular weight is 351 g/mol. The van der Waals surface area contributed by atoms with Crippen LogP contribution in [0.1, 0.15) is 31.5 Å². The fraction of sp³-hybridized carbons (Fsp3) is 0.381. The topological polar surface area (TPSA) is 55.3 Å². The van der Waals surface area contributed by atoms with Gasteiger partial charge in [-0.1, -0.05) is 30.4 Å². The second-order valence-corrected chi connectivity index (χ2v) is 6.71. The molecule has 0 atom stereocenters. The Kier molecular flexibility index (Phi) is 5.78. The van der Waals surface area contributed by atoms with Gasteiger partial charge in [0.2, 0.25) is 5.95 Å². The molecular weight excluding hydrogens is 326 g/mol. The van der Waals surface area contributed by atoms with Crippen LogP contribution in [0.25, 0.3) is 16.8 Å². The van der Waals surface area contributed by atoms with Gasteiger partial charge in [-0.25, -0.2) is 9.97 Å². The summed E-state index contributed by atoms with van der Waals surface area (Å²) in [7, 11) is 0. The van der Waals surface area contributed by atoms with Crippen LogP contribution in [-0.4, -0.2) is 42.1 Å². The molecule has 0 saturated carbocycles. The first-order chi connectivity index (χ1) is 12.5. The van der Waals surface area contributed by atoms with E-state index in [2.05, 4.69) is 17.5 Å². The highest BCUT2D eigenvalue weighted by Gasteiger charge is 2.16. The molecule has 136 valence electrons. The van der Waals surface area contributed by atoms with Gasteiger partial charge in [0, 0.05) is 30.8 Å². The third kappa shape index (κ3) is 4.55. The minimum Gasteiger partial charge on any atom is -0.378 e. The largest absolute Gasteiger partial charge is 0.378 e. The van der Waals surface area contributed by atoms with Crippen LogP contribution < -0.4 is 4.90 Å². The van der Waals surface area contributed by atoms with Crippen molar-refractivity contribution in [2.45, 2.75) is 26.7 Å². The second-order valence-electron chi connectivity index (χ2n) is 6.71. The Balaban J connectivity index is 1.99. The maximum atomic E-state index is 11.4. The normalized spacial score (nSPS) is 14.3. The maximum absolute atomic E-state index is 11.4. The summed E-state index contributed by atoms with van der Waals surface area (Å²) >= 11 is 0. The third-order valence-electron chi connectivity index (χ3n) is 4.45. The van der Waals surface area contributed by atoms with Crippen molar-refractivity contribution >= 4 is 17.3 Å². The van der Waals surface area contributed by atoms with Crippen LogP contribution in [0.15, 0.2) is 36.9 Å². The summed E-state index contributed by atoms with van der Waals surface area (Å²) < 4.78 is 5.44. The van der Waals surface area contributed by atoms with Crippen LogP contribution in [0.2, 0.25) is 0 Å². The van der Waals surface area contributed by atoms with Crippen molar-refractivity contribution in [1.29, 1.82) is 0 Å². The molecule has 1 aliphatic heterocycles. The molecule has 1 saturated heterocycles. The van der Waals surface area contributed by atoms with Crippen LogP contribution in [0.4, 0.5) is 5.95 Å². The van der Waals surface area contributed by atoms with Gasteiger partial charge in [0.15, 0.2) is 0 Å². The van der Waals surface area contributed by atoms with E-state index in [0.717, 1.165) is 41.2 Å². The fourth-order valence-electron chi connectivity index (χ4n) is 2.91. The van der Waals surface area contributed by atoms with Crippen molar-refractivity contribution in [2.24, 2.45) is 0 Å². The molecule has 2 heterocycles. The summed E-state index contributed by atoms with van der Waals surface area (Å²) in [6, 6.07) is 10.2. The van der Waals surface area contributed by atoms with Crippen molar-refractivity contribution in [2.75, 3.05) is 31.2 Å². The number of hydrogen-bond acceptors (Lipinski definition) is 5. The van der Waals surface area contributed by atoms with Gasteiger partial charge in [-0.2, -0.15) is 0 Å². The number of hydrogen-bond donors (Lipinski definition) is 0. The molecule has 0 aliphatic carbocycles. The molecule has 0 bridgehead atoms. The predicted molar refractivity (Wildman–Crippen MR) is 104 cm³/mol. The Hall–Kier alpha value is -2.53. The molecule has 1 aliphatic rings. The standard InChI is InChI=1S/C21H25N3O2/c1-15(2)17-5-4-6-18(13-17)20-14-19(8-7-16(3)25)22-21(23-20)24-9-11-26-12-10-24/h4-6,13-14H,1,7-12H2,2-3H3. The van der Waals surface area contributed by atoms with Gasteiger partial charge in [0.1, 0.15) is 5.78 Å². The number of ketones is 1. The van der Waals surface area contributed by atoms with Gasteiger partial charge in [0.25, 0.3) is 0 Å². The lowest BCUT2D eigenvalue weighted by Crippen LogP contribution is -2.37. The van der Waals surface area contributed by atoms with Gasteiger partial charge in [-0.3, -0.25) is 0 Å². The van der Waals surface area contributed by atoms with Crippen molar-refractivity contribution in [3.63, 3.8) is 0 Å². The van der Waals surface area contributed by atoms with E-state index in [-0.39, 0.29) is 5.78 Å². The number of aromatic nitrogens is 2. The van der Waals surface area contributed by atoms with Crippen LogP contribution in [-0.2, 0) is 16.0 Å². The lowest BCUT2D eigenvalue weighted by Gasteiger charge is -2.27. The molecule has 3 rings (SSSR count). The Labute approximate surface area is 154 Å². The summed E-state index contributed by atoms with van der Waals surface area (Å²) in [6.07, 6.45) is 1.12. The minimum atomic E-state index is 0.169. The van der Waals surface area contributed by atoms with Crippen molar-refractivity contribution in [3.05, 3.63) is 48.2 Å². The number of rotatable bonds is 6. The summed E-state index contributed by atoms with van der Waals surface area (Å²) in [5.41, 5.74) is 4.92. The molecule has 0 N–H and O–H groups in total. The highest BCUT2D eigenvalue weighted by molar-refractivity contribution is 5.75. The lowest BCUT2D eigenvalue weighted by atomic mass is 10.0. The van der Waals surface area contributed by atoms with Crippen LogP contribution in [0.5, 0.6) is 0 Å². The quantitative estimate of drug-likeness (QED) is 0.797. The van der Waals surface area contributed by atoms with E-state index in [9.17, 15) is 4.79 Å². The van der Waals surface area contributed by atoms with E-state index in [1.54, 1.807) is 6.92 Å². The van der Waals surface area contributed by atoms with Gasteiger partial charge in [-0.05, 0) is 38.0 Å². The van der Waals surface area contributed by atoms with E-state index in [1.165, 1.54) is 0 Å². The van der Waals surface area contributed by atoms with E-state index < -0.39 is 0 Å². The summed E-state index contributed by atoms with van der Waals surface area (Å²) in [4.78, 5) is 23.0. The van der Waals surface area contributed by atoms with Gasteiger partial charge >= 0.3 is 0 Å². The Morgan fingerprint density at radius 2 is 1.96 bits per heavy atom. The maximum Gasteiger partial charge on any atom is 0.226 e. The number of aryl methyl sites for hydroxylation is 1. The zero-order chi connectivity index (χ0) is 18.5. The Bertz CT molecular complexity index is 811. The highest BCUT2D eigenvalue weighted by Crippen LogP contribution is 2.25. The number of allylic oxidation sites excluding steroid dienone is 1. The van der Waals surface area contributed by atoms with E-state index in [4.69, 9.17) is 14.7 Å². The van der Waals surface area contributed by atoms with Gasteiger partial charge in [-0.15, -0.1) is 0 Å². The van der Waals surface area contributed by atoms with Crippen molar-refractivity contribution in [1.82, 2.24) is 9.97 Å². The van der Waals surface area contributed by atoms with Crippen LogP contribution >= 0.6 is 0 Å². The average Bonchev–Trinajstić information content (AvgIpc) is 2.67. The lowest BCUT2D eigenvalue weighted by molar-refractivity contribution is -0.116. The molecular formula is C21H25N3O2. The highest BCUT2D eigenvalue weighted by atomic mass is 16.5. The smallest absolute Gasteiger partial charge is 0.226 e. The van der Waals surface area contributed by atoms with Crippen LogP contribution in [0, 0.1) is 0 Å². The third-order valence-corrected chi connectivity index (χ3v) is 4.45. The number of carbonyl (C=O) groups is 1.